The first-order chi connectivity index (χ1) is 3.84. The van der Waals surface area contributed by atoms with Crippen LogP contribution in [0.3, 0.4) is 0 Å². The normalized spacial score (nSPS) is 9.62. The summed E-state index contributed by atoms with van der Waals surface area (Å²) >= 11 is 0. The van der Waals surface area contributed by atoms with Crippen LogP contribution in [0.2, 0.25) is 0 Å². The molecule has 0 atom stereocenters. The maximum atomic E-state index is 8.44. The van der Waals surface area contributed by atoms with Gasteiger partial charge in [0, 0.05) is 12.4 Å². The molecule has 0 saturated carbocycles. The smallest absolute Gasteiger partial charge is 0.152 e. The third-order valence-corrected chi connectivity index (χ3v) is 0.890. The second-order valence-electron chi connectivity index (χ2n) is 1.41. The van der Waals surface area contributed by atoms with Crippen LogP contribution in [0.15, 0.2) is 12.4 Å². The fraction of sp³-hybridized carbons (Fsp3) is 0.250. The number of hydrogen-bond acceptors (Lipinski definition) is 3. The molecule has 0 aliphatic rings. The third kappa shape index (κ3) is 0.651. The Balaban J connectivity index is 2.92. The van der Waals surface area contributed by atoms with Gasteiger partial charge in [-0.3, -0.25) is 4.68 Å². The molecule has 4 heteroatoms. The molecule has 0 aromatic carbocycles. The molecular formula is C4H7N3O. The molecule has 0 saturated heterocycles. The lowest BCUT2D eigenvalue weighted by Gasteiger charge is -1.92. The Bertz CT molecular complexity index is 172. The summed E-state index contributed by atoms with van der Waals surface area (Å²) in [6.45, 7) is -0.108. The predicted molar refractivity (Wildman–Crippen MR) is 28.3 cm³/mol. The zero-order chi connectivity index (χ0) is 5.98. The van der Waals surface area contributed by atoms with E-state index in [0.717, 1.165) is 0 Å². The molecular weight excluding hydrogens is 106 g/mol. The number of hydrogen-bond donors (Lipinski definition) is 2. The molecule has 0 unspecified atom stereocenters. The highest BCUT2D eigenvalue weighted by atomic mass is 16.3. The lowest BCUT2D eigenvalue weighted by Crippen LogP contribution is -2.10. The molecule has 4 nitrogen and oxygen atoms in total. The maximum Gasteiger partial charge on any atom is 0.152 e. The molecule has 44 valence electrons. The minimum atomic E-state index is -0.108. The monoisotopic (exact) mass is 113 g/mol. The zero-order valence-corrected chi connectivity index (χ0v) is 4.28. The van der Waals surface area contributed by atoms with Gasteiger partial charge in [0.25, 0.3) is 0 Å². The van der Waals surface area contributed by atoms with E-state index in [-0.39, 0.29) is 6.61 Å². The van der Waals surface area contributed by atoms with Crippen LogP contribution >= 0.6 is 0 Å². The van der Waals surface area contributed by atoms with Gasteiger partial charge in [0.05, 0.1) is 0 Å². The quantitative estimate of drug-likeness (QED) is 0.463. The zero-order valence-electron chi connectivity index (χ0n) is 4.28. The predicted octanol–water partition coefficient (Wildman–Crippen LogP) is -0.911. The Morgan fingerprint density at radius 3 is 2.88 bits per heavy atom. The number of nitrogen functional groups attached to an aromatic ring is 1. The molecule has 3 N–H and O–H groups in total. The SMILES string of the molecule is Nn1ccnc1CO. The van der Waals surface area contributed by atoms with Gasteiger partial charge in [-0.25, -0.2) is 4.98 Å². The summed E-state index contributed by atoms with van der Waals surface area (Å²) in [5.41, 5.74) is 0. The Kier molecular flexibility index (Phi) is 1.17. The maximum absolute atomic E-state index is 8.44. The van der Waals surface area contributed by atoms with E-state index in [1.807, 2.05) is 0 Å². The van der Waals surface area contributed by atoms with Crippen molar-refractivity contribution in [2.75, 3.05) is 5.84 Å². The molecule has 1 heterocycles. The van der Waals surface area contributed by atoms with Crippen LogP contribution in [-0.4, -0.2) is 14.8 Å². The van der Waals surface area contributed by atoms with Crippen molar-refractivity contribution in [2.24, 2.45) is 0 Å². The van der Waals surface area contributed by atoms with Crippen LogP contribution in [0.4, 0.5) is 0 Å². The van der Waals surface area contributed by atoms with Gasteiger partial charge in [0.15, 0.2) is 5.82 Å². The Labute approximate surface area is 46.5 Å². The van der Waals surface area contributed by atoms with Crippen LogP contribution in [0.5, 0.6) is 0 Å². The van der Waals surface area contributed by atoms with Crippen molar-refractivity contribution in [3.63, 3.8) is 0 Å². The van der Waals surface area contributed by atoms with Gasteiger partial charge in [-0.15, -0.1) is 0 Å². The van der Waals surface area contributed by atoms with Gasteiger partial charge in [0.2, 0.25) is 0 Å². The van der Waals surface area contributed by atoms with Crippen LogP contribution in [0, 0.1) is 0 Å². The molecule has 0 aliphatic carbocycles. The molecule has 0 radical (unpaired) electrons. The van der Waals surface area contributed by atoms with E-state index < -0.39 is 0 Å². The fourth-order valence-electron chi connectivity index (χ4n) is 0.466. The Morgan fingerprint density at radius 2 is 2.62 bits per heavy atom. The first-order valence-corrected chi connectivity index (χ1v) is 2.22. The van der Waals surface area contributed by atoms with E-state index in [1.54, 1.807) is 6.20 Å². The summed E-state index contributed by atoms with van der Waals surface area (Å²) < 4.78 is 1.28. The van der Waals surface area contributed by atoms with Crippen molar-refractivity contribution < 1.29 is 5.11 Å². The molecule has 0 spiro atoms. The van der Waals surface area contributed by atoms with E-state index in [1.165, 1.54) is 10.9 Å². The molecule has 0 bridgehead atoms. The van der Waals surface area contributed by atoms with Crippen LogP contribution in [-0.2, 0) is 6.61 Å². The summed E-state index contributed by atoms with van der Waals surface area (Å²) in [5.74, 6) is 5.72. The molecule has 1 rings (SSSR count). The summed E-state index contributed by atoms with van der Waals surface area (Å²) in [6.07, 6.45) is 3.11. The highest BCUT2D eigenvalue weighted by Gasteiger charge is 1.92. The number of rotatable bonds is 1. The van der Waals surface area contributed by atoms with E-state index >= 15 is 0 Å². The number of nitrogens with two attached hydrogens (primary N) is 1. The number of aliphatic hydroxyl groups is 1. The number of imidazole rings is 1. The van der Waals surface area contributed by atoms with Gasteiger partial charge in [0.1, 0.15) is 6.61 Å². The van der Waals surface area contributed by atoms with Gasteiger partial charge in [-0.2, -0.15) is 0 Å². The van der Waals surface area contributed by atoms with Crippen LogP contribution < -0.4 is 5.84 Å². The Hall–Kier alpha value is -1.03. The number of aliphatic hydroxyl groups excluding tert-OH is 1. The van der Waals surface area contributed by atoms with Crippen LogP contribution in [0.1, 0.15) is 5.82 Å². The average molecular weight is 113 g/mol. The molecule has 0 amide bonds. The summed E-state index contributed by atoms with van der Waals surface area (Å²) in [4.78, 5) is 3.72. The minimum absolute atomic E-state index is 0.108. The van der Waals surface area contributed by atoms with E-state index in [2.05, 4.69) is 4.98 Å². The van der Waals surface area contributed by atoms with Crippen molar-refractivity contribution in [1.29, 1.82) is 0 Å². The minimum Gasteiger partial charge on any atom is -0.388 e. The average Bonchev–Trinajstić information content (AvgIpc) is 2.14. The summed E-state index contributed by atoms with van der Waals surface area (Å²) in [7, 11) is 0. The summed E-state index contributed by atoms with van der Waals surface area (Å²) in [5, 5.41) is 8.44. The topological polar surface area (TPSA) is 64.1 Å². The number of aromatic nitrogens is 2. The molecule has 1 aromatic heterocycles. The lowest BCUT2D eigenvalue weighted by atomic mass is 10.7. The first kappa shape index (κ1) is 5.11. The van der Waals surface area contributed by atoms with E-state index in [4.69, 9.17) is 10.9 Å². The largest absolute Gasteiger partial charge is 0.388 e. The highest BCUT2D eigenvalue weighted by Crippen LogP contribution is 1.88. The second kappa shape index (κ2) is 1.83. The molecule has 0 aliphatic heterocycles. The van der Waals surface area contributed by atoms with E-state index in [0.29, 0.717) is 5.82 Å². The van der Waals surface area contributed by atoms with Crippen molar-refractivity contribution in [1.82, 2.24) is 9.66 Å². The molecule has 1 aromatic rings. The lowest BCUT2D eigenvalue weighted by molar-refractivity contribution is 0.268. The van der Waals surface area contributed by atoms with Crippen LogP contribution in [0.25, 0.3) is 0 Å². The van der Waals surface area contributed by atoms with Crippen molar-refractivity contribution in [2.45, 2.75) is 6.61 Å². The van der Waals surface area contributed by atoms with Gasteiger partial charge >= 0.3 is 0 Å². The summed E-state index contributed by atoms with van der Waals surface area (Å²) in [6, 6.07) is 0. The standard InChI is InChI=1S/C4H7N3O/c5-7-2-1-6-4(7)3-8/h1-2,8H,3,5H2. The van der Waals surface area contributed by atoms with Crippen molar-refractivity contribution in [3.8, 4) is 0 Å². The Morgan fingerprint density at radius 1 is 1.88 bits per heavy atom. The third-order valence-electron chi connectivity index (χ3n) is 0.890. The second-order valence-corrected chi connectivity index (χ2v) is 1.41. The number of nitrogens with zero attached hydrogens (tertiary/aromatic N) is 2. The molecule has 0 fully saturated rings. The van der Waals surface area contributed by atoms with E-state index in [9.17, 15) is 0 Å². The van der Waals surface area contributed by atoms with Crippen molar-refractivity contribution in [3.05, 3.63) is 18.2 Å². The highest BCUT2D eigenvalue weighted by molar-refractivity contribution is 4.88. The fourth-order valence-corrected chi connectivity index (χ4v) is 0.466. The van der Waals surface area contributed by atoms with Crippen molar-refractivity contribution >= 4 is 0 Å². The van der Waals surface area contributed by atoms with Gasteiger partial charge in [-0.05, 0) is 0 Å². The molecule has 8 heavy (non-hydrogen) atoms. The van der Waals surface area contributed by atoms with Gasteiger partial charge < -0.3 is 10.9 Å². The van der Waals surface area contributed by atoms with Gasteiger partial charge in [-0.1, -0.05) is 0 Å². The first-order valence-electron chi connectivity index (χ1n) is 2.22.